The van der Waals surface area contributed by atoms with Crippen LogP contribution in [-0.4, -0.2) is 20.6 Å². The smallest absolute Gasteiger partial charge is 0.347 e. The molecule has 0 unspecified atom stereocenters. The lowest BCUT2D eigenvalue weighted by molar-refractivity contribution is 0.0692. The van der Waals surface area contributed by atoms with E-state index in [1.807, 2.05) is 13.8 Å². The molecule has 1 aliphatic carbocycles. The van der Waals surface area contributed by atoms with Gasteiger partial charge in [-0.15, -0.1) is 0 Å². The zero-order valence-electron chi connectivity index (χ0n) is 10.7. The molecule has 0 saturated heterocycles. The molecular weight excluding hydrogens is 232 g/mol. The van der Waals surface area contributed by atoms with Crippen molar-refractivity contribution in [3.63, 3.8) is 0 Å². The SMILES string of the molecule is CC(C)Cn1cc(C(=O)O)c(C2CCC2)nc1=O. The predicted molar refractivity (Wildman–Crippen MR) is 66.9 cm³/mol. The van der Waals surface area contributed by atoms with E-state index in [4.69, 9.17) is 0 Å². The highest BCUT2D eigenvalue weighted by molar-refractivity contribution is 5.88. The van der Waals surface area contributed by atoms with Crippen LogP contribution in [0.4, 0.5) is 0 Å². The molecule has 1 aromatic rings. The molecule has 0 atom stereocenters. The molecule has 1 heterocycles. The molecule has 5 nitrogen and oxygen atoms in total. The molecule has 1 saturated carbocycles. The molecule has 1 aliphatic rings. The lowest BCUT2D eigenvalue weighted by atomic mass is 9.81. The van der Waals surface area contributed by atoms with Gasteiger partial charge in [0.1, 0.15) is 0 Å². The van der Waals surface area contributed by atoms with Crippen molar-refractivity contribution >= 4 is 5.97 Å². The van der Waals surface area contributed by atoms with E-state index in [1.165, 1.54) is 10.8 Å². The fourth-order valence-electron chi connectivity index (χ4n) is 2.19. The fourth-order valence-corrected chi connectivity index (χ4v) is 2.19. The second-order valence-corrected chi connectivity index (χ2v) is 5.30. The number of hydrogen-bond donors (Lipinski definition) is 1. The minimum Gasteiger partial charge on any atom is -0.478 e. The van der Waals surface area contributed by atoms with Crippen LogP contribution in [0, 0.1) is 5.92 Å². The highest BCUT2D eigenvalue weighted by Crippen LogP contribution is 2.36. The van der Waals surface area contributed by atoms with Gasteiger partial charge >= 0.3 is 11.7 Å². The first kappa shape index (κ1) is 12.8. The molecule has 5 heteroatoms. The van der Waals surface area contributed by atoms with Crippen LogP contribution in [0.5, 0.6) is 0 Å². The van der Waals surface area contributed by atoms with E-state index in [2.05, 4.69) is 4.98 Å². The van der Waals surface area contributed by atoms with Gasteiger partial charge in [0.2, 0.25) is 0 Å². The van der Waals surface area contributed by atoms with Gasteiger partial charge in [0.25, 0.3) is 0 Å². The molecule has 18 heavy (non-hydrogen) atoms. The average molecular weight is 250 g/mol. The Balaban J connectivity index is 2.45. The third kappa shape index (κ3) is 2.44. The highest BCUT2D eigenvalue weighted by atomic mass is 16.4. The number of hydrogen-bond acceptors (Lipinski definition) is 3. The van der Waals surface area contributed by atoms with Crippen molar-refractivity contribution < 1.29 is 9.90 Å². The maximum absolute atomic E-state index is 11.9. The number of carbonyl (C=O) groups is 1. The van der Waals surface area contributed by atoms with Crippen molar-refractivity contribution in [1.82, 2.24) is 9.55 Å². The third-order valence-electron chi connectivity index (χ3n) is 3.31. The van der Waals surface area contributed by atoms with E-state index >= 15 is 0 Å². The van der Waals surface area contributed by atoms with Crippen molar-refractivity contribution in [3.05, 3.63) is 27.9 Å². The molecule has 0 aromatic carbocycles. The Hall–Kier alpha value is -1.65. The average Bonchev–Trinajstić information content (AvgIpc) is 2.18. The van der Waals surface area contributed by atoms with Crippen molar-refractivity contribution in [2.45, 2.75) is 45.6 Å². The van der Waals surface area contributed by atoms with Crippen molar-refractivity contribution in [2.75, 3.05) is 0 Å². The summed E-state index contributed by atoms with van der Waals surface area (Å²) in [5.41, 5.74) is 0.314. The first-order chi connectivity index (χ1) is 8.49. The summed E-state index contributed by atoms with van der Waals surface area (Å²) in [6.45, 7) is 4.45. The zero-order chi connectivity index (χ0) is 13.3. The first-order valence-electron chi connectivity index (χ1n) is 6.33. The minimum absolute atomic E-state index is 0.150. The molecular formula is C13H18N2O3. The Morgan fingerprint density at radius 1 is 1.56 bits per heavy atom. The molecule has 0 radical (unpaired) electrons. The summed E-state index contributed by atoms with van der Waals surface area (Å²) in [5.74, 6) is -0.569. The molecule has 1 N–H and O–H groups in total. The molecule has 0 bridgehead atoms. The third-order valence-corrected chi connectivity index (χ3v) is 3.31. The van der Waals surface area contributed by atoms with Crippen LogP contribution in [0.25, 0.3) is 0 Å². The second-order valence-electron chi connectivity index (χ2n) is 5.30. The van der Waals surface area contributed by atoms with Crippen molar-refractivity contribution in [2.24, 2.45) is 5.92 Å². The number of carboxylic acid groups (broad SMARTS) is 1. The van der Waals surface area contributed by atoms with E-state index in [-0.39, 0.29) is 23.1 Å². The highest BCUT2D eigenvalue weighted by Gasteiger charge is 2.27. The Morgan fingerprint density at radius 2 is 2.22 bits per heavy atom. The summed E-state index contributed by atoms with van der Waals surface area (Å²) in [6, 6.07) is 0. The van der Waals surface area contributed by atoms with Gasteiger partial charge in [0.15, 0.2) is 0 Å². The zero-order valence-corrected chi connectivity index (χ0v) is 10.7. The van der Waals surface area contributed by atoms with E-state index in [0.717, 1.165) is 19.3 Å². The summed E-state index contributed by atoms with van der Waals surface area (Å²) < 4.78 is 1.40. The van der Waals surface area contributed by atoms with E-state index < -0.39 is 5.97 Å². The number of nitrogens with zero attached hydrogens (tertiary/aromatic N) is 2. The number of aromatic carboxylic acids is 1. The fraction of sp³-hybridized carbons (Fsp3) is 0.615. The molecule has 98 valence electrons. The van der Waals surface area contributed by atoms with E-state index in [1.54, 1.807) is 0 Å². The van der Waals surface area contributed by atoms with E-state index in [9.17, 15) is 14.7 Å². The molecule has 0 amide bonds. The largest absolute Gasteiger partial charge is 0.478 e. The summed E-state index contributed by atoms with van der Waals surface area (Å²) >= 11 is 0. The van der Waals surface area contributed by atoms with Crippen LogP contribution in [0.15, 0.2) is 11.0 Å². The summed E-state index contributed by atoms with van der Waals surface area (Å²) in [7, 11) is 0. The topological polar surface area (TPSA) is 72.2 Å². The van der Waals surface area contributed by atoms with Crippen LogP contribution in [0.3, 0.4) is 0 Å². The van der Waals surface area contributed by atoms with Gasteiger partial charge in [0, 0.05) is 18.7 Å². The first-order valence-corrected chi connectivity index (χ1v) is 6.33. The summed E-state index contributed by atoms with van der Waals surface area (Å²) in [6.07, 6.45) is 4.40. The van der Waals surface area contributed by atoms with Crippen LogP contribution >= 0.6 is 0 Å². The molecule has 0 spiro atoms. The monoisotopic (exact) mass is 250 g/mol. The van der Waals surface area contributed by atoms with Gasteiger partial charge in [0.05, 0.1) is 11.3 Å². The van der Waals surface area contributed by atoms with Gasteiger partial charge in [-0.1, -0.05) is 20.3 Å². The van der Waals surface area contributed by atoms with Crippen molar-refractivity contribution in [1.29, 1.82) is 0 Å². The predicted octanol–water partition coefficient (Wildman–Crippen LogP) is 1.86. The maximum atomic E-state index is 11.9. The van der Waals surface area contributed by atoms with Gasteiger partial charge in [-0.2, -0.15) is 4.98 Å². The van der Waals surface area contributed by atoms with E-state index in [0.29, 0.717) is 12.2 Å². The Morgan fingerprint density at radius 3 is 2.67 bits per heavy atom. The lowest BCUT2D eigenvalue weighted by Crippen LogP contribution is -2.30. The molecule has 0 aliphatic heterocycles. The molecule has 1 aromatic heterocycles. The van der Waals surface area contributed by atoms with Crippen LogP contribution in [-0.2, 0) is 6.54 Å². The number of carboxylic acids is 1. The van der Waals surface area contributed by atoms with Crippen molar-refractivity contribution in [3.8, 4) is 0 Å². The minimum atomic E-state index is -0.998. The van der Waals surface area contributed by atoms with Gasteiger partial charge in [-0.3, -0.25) is 4.57 Å². The normalized spacial score (nSPS) is 15.7. The number of aromatic nitrogens is 2. The Kier molecular flexibility index (Phi) is 3.50. The molecule has 2 rings (SSSR count). The quantitative estimate of drug-likeness (QED) is 0.885. The Labute approximate surface area is 105 Å². The Bertz CT molecular complexity index is 515. The van der Waals surface area contributed by atoms with Gasteiger partial charge in [-0.05, 0) is 18.8 Å². The van der Waals surface area contributed by atoms with Gasteiger partial charge < -0.3 is 5.11 Å². The number of rotatable bonds is 4. The maximum Gasteiger partial charge on any atom is 0.347 e. The van der Waals surface area contributed by atoms with Crippen LogP contribution < -0.4 is 5.69 Å². The summed E-state index contributed by atoms with van der Waals surface area (Å²) in [4.78, 5) is 27.1. The lowest BCUT2D eigenvalue weighted by Gasteiger charge is -2.26. The second kappa shape index (κ2) is 4.92. The van der Waals surface area contributed by atoms with Crippen LogP contribution in [0.1, 0.15) is 55.1 Å². The summed E-state index contributed by atoms with van der Waals surface area (Å²) in [5, 5.41) is 9.23. The van der Waals surface area contributed by atoms with Gasteiger partial charge in [-0.25, -0.2) is 9.59 Å². The standard InChI is InChI=1S/C13H18N2O3/c1-8(2)6-15-7-10(12(16)17)11(14-13(15)18)9-4-3-5-9/h7-9H,3-6H2,1-2H3,(H,16,17). The van der Waals surface area contributed by atoms with Crippen LogP contribution in [0.2, 0.25) is 0 Å². The molecule has 1 fully saturated rings.